The van der Waals surface area contributed by atoms with Crippen LogP contribution in [0.15, 0.2) is 11.1 Å². The molecule has 0 aromatic carbocycles. The third-order valence-electron chi connectivity index (χ3n) is 5.00. The highest BCUT2D eigenvalue weighted by Gasteiger charge is 2.41. The van der Waals surface area contributed by atoms with Gasteiger partial charge in [-0.15, -0.1) is 0 Å². The fourth-order valence-corrected chi connectivity index (χ4v) is 3.65. The number of aliphatic carboxylic acids is 2. The van der Waals surface area contributed by atoms with Crippen LogP contribution in [0.2, 0.25) is 0 Å². The maximum Gasteiger partial charge on any atom is 0.343 e. The topological polar surface area (TPSA) is 74.6 Å². The van der Waals surface area contributed by atoms with E-state index in [0.29, 0.717) is 12.0 Å². The fourth-order valence-electron chi connectivity index (χ4n) is 3.65. The Bertz CT molecular complexity index is 423. The molecule has 0 rings (SSSR count). The molecule has 0 atom stereocenters. The van der Waals surface area contributed by atoms with Crippen molar-refractivity contribution in [3.63, 3.8) is 0 Å². The lowest BCUT2D eigenvalue weighted by atomic mass is 9.62. The molecule has 4 heteroatoms. The average molecular weight is 341 g/mol. The summed E-state index contributed by atoms with van der Waals surface area (Å²) in [6.07, 6.45) is 6.24. The average Bonchev–Trinajstić information content (AvgIpc) is 2.45. The minimum atomic E-state index is -1.31. The van der Waals surface area contributed by atoms with Gasteiger partial charge in [0.1, 0.15) is 5.57 Å². The van der Waals surface area contributed by atoms with E-state index in [1.807, 2.05) is 13.8 Å². The number of unbranched alkanes of at least 4 members (excludes halogenated alkanes) is 2. The Kier molecular flexibility index (Phi) is 9.95. The van der Waals surface area contributed by atoms with E-state index < -0.39 is 17.5 Å². The summed E-state index contributed by atoms with van der Waals surface area (Å²) in [5.41, 5.74) is -0.0958. The van der Waals surface area contributed by atoms with Gasteiger partial charge in [0, 0.05) is 0 Å². The van der Waals surface area contributed by atoms with Crippen LogP contribution in [0.3, 0.4) is 0 Å². The van der Waals surface area contributed by atoms with Crippen molar-refractivity contribution in [1.82, 2.24) is 0 Å². The number of carboxylic acid groups (broad SMARTS) is 2. The Balaban J connectivity index is 6.46. The highest BCUT2D eigenvalue weighted by Crippen LogP contribution is 2.48. The lowest BCUT2D eigenvalue weighted by Gasteiger charge is -2.42. The first-order valence-corrected chi connectivity index (χ1v) is 9.34. The van der Waals surface area contributed by atoms with Crippen molar-refractivity contribution in [2.45, 2.75) is 86.5 Å². The normalized spacial score (nSPS) is 11.8. The van der Waals surface area contributed by atoms with E-state index >= 15 is 0 Å². The van der Waals surface area contributed by atoms with Crippen molar-refractivity contribution in [1.29, 1.82) is 0 Å². The van der Waals surface area contributed by atoms with Crippen LogP contribution in [0.1, 0.15) is 86.5 Å². The molecule has 0 aromatic rings. The minimum Gasteiger partial charge on any atom is -0.477 e. The molecule has 0 aliphatic heterocycles. The molecule has 140 valence electrons. The molecule has 0 bridgehead atoms. The third kappa shape index (κ3) is 5.95. The Hall–Kier alpha value is -1.32. The Morgan fingerprint density at radius 2 is 1.29 bits per heavy atom. The van der Waals surface area contributed by atoms with Gasteiger partial charge in [-0.2, -0.15) is 0 Å². The van der Waals surface area contributed by atoms with Crippen LogP contribution in [0.25, 0.3) is 0 Å². The summed E-state index contributed by atoms with van der Waals surface area (Å²) in [4.78, 5) is 23.5. The summed E-state index contributed by atoms with van der Waals surface area (Å²) in [7, 11) is 0. The van der Waals surface area contributed by atoms with Crippen molar-refractivity contribution in [3.05, 3.63) is 11.1 Å². The van der Waals surface area contributed by atoms with Gasteiger partial charge < -0.3 is 10.2 Å². The van der Waals surface area contributed by atoms with Crippen LogP contribution < -0.4 is 0 Å². The van der Waals surface area contributed by atoms with Crippen LogP contribution in [0, 0.1) is 17.3 Å². The third-order valence-corrected chi connectivity index (χ3v) is 5.00. The van der Waals surface area contributed by atoms with Gasteiger partial charge in [-0.3, -0.25) is 0 Å². The lowest BCUT2D eigenvalue weighted by molar-refractivity contribution is -0.140. The van der Waals surface area contributed by atoms with Gasteiger partial charge in [0.05, 0.1) is 0 Å². The quantitative estimate of drug-likeness (QED) is 0.278. The van der Waals surface area contributed by atoms with Gasteiger partial charge in [-0.25, -0.2) is 9.59 Å². The van der Waals surface area contributed by atoms with Gasteiger partial charge in [0.25, 0.3) is 0 Å². The van der Waals surface area contributed by atoms with Gasteiger partial charge in [-0.05, 0) is 42.1 Å². The Morgan fingerprint density at radius 3 is 1.54 bits per heavy atom. The number of allylic oxidation sites excluding steroid dienone is 1. The maximum absolute atomic E-state index is 11.7. The molecule has 0 spiro atoms. The highest BCUT2D eigenvalue weighted by molar-refractivity contribution is 6.13. The van der Waals surface area contributed by atoms with Crippen LogP contribution in [0.4, 0.5) is 0 Å². The molecule has 2 N–H and O–H groups in total. The summed E-state index contributed by atoms with van der Waals surface area (Å²) in [5.74, 6) is -2.19. The second kappa shape index (κ2) is 10.5. The zero-order chi connectivity index (χ0) is 18.9. The molecule has 0 aliphatic carbocycles. The Labute approximate surface area is 147 Å². The fraction of sp³-hybridized carbons (Fsp3) is 0.800. The molecule has 0 unspecified atom stereocenters. The van der Waals surface area contributed by atoms with Gasteiger partial charge in [0.15, 0.2) is 0 Å². The number of rotatable bonds is 12. The van der Waals surface area contributed by atoms with Crippen LogP contribution in [0.5, 0.6) is 0 Å². The molecular formula is C20H36O4. The van der Waals surface area contributed by atoms with E-state index in [-0.39, 0.29) is 17.3 Å². The predicted octanol–water partition coefficient (Wildman–Crippen LogP) is 5.52. The van der Waals surface area contributed by atoms with E-state index in [2.05, 4.69) is 27.7 Å². The summed E-state index contributed by atoms with van der Waals surface area (Å²) >= 11 is 0. The number of carboxylic acids is 2. The summed E-state index contributed by atoms with van der Waals surface area (Å²) in [6.45, 7) is 12.5. The van der Waals surface area contributed by atoms with E-state index in [0.717, 1.165) is 38.5 Å². The molecule has 4 nitrogen and oxygen atoms in total. The van der Waals surface area contributed by atoms with Crippen molar-refractivity contribution in [2.75, 3.05) is 0 Å². The van der Waals surface area contributed by atoms with E-state index in [1.165, 1.54) is 0 Å². The van der Waals surface area contributed by atoms with E-state index in [9.17, 15) is 19.8 Å². The molecule has 0 amide bonds. The van der Waals surface area contributed by atoms with Crippen molar-refractivity contribution >= 4 is 11.9 Å². The van der Waals surface area contributed by atoms with Gasteiger partial charge in [-0.1, -0.05) is 67.2 Å². The second-order valence-corrected chi connectivity index (χ2v) is 7.58. The molecule has 0 saturated carbocycles. The van der Waals surface area contributed by atoms with Crippen LogP contribution >= 0.6 is 0 Å². The summed E-state index contributed by atoms with van der Waals surface area (Å²) in [6, 6.07) is 0. The molecular weight excluding hydrogens is 304 g/mol. The standard InChI is InChI=1S/C20H36O4/c1-7-9-11-20(15(5)6,12-10-8-2)16(13-14(3)4)17(18(21)22)19(23)24/h14-15H,7-13H2,1-6H3,(H,21,22)(H,23,24). The van der Waals surface area contributed by atoms with E-state index in [1.54, 1.807) is 0 Å². The predicted molar refractivity (Wildman–Crippen MR) is 98.1 cm³/mol. The molecule has 0 heterocycles. The van der Waals surface area contributed by atoms with Crippen molar-refractivity contribution < 1.29 is 19.8 Å². The molecule has 0 radical (unpaired) electrons. The van der Waals surface area contributed by atoms with Crippen molar-refractivity contribution in [2.24, 2.45) is 17.3 Å². The van der Waals surface area contributed by atoms with E-state index in [4.69, 9.17) is 0 Å². The smallest absolute Gasteiger partial charge is 0.343 e. The molecule has 24 heavy (non-hydrogen) atoms. The summed E-state index contributed by atoms with van der Waals surface area (Å²) < 4.78 is 0. The van der Waals surface area contributed by atoms with Crippen LogP contribution in [-0.2, 0) is 9.59 Å². The zero-order valence-electron chi connectivity index (χ0n) is 16.3. The molecule has 0 aromatic heterocycles. The largest absolute Gasteiger partial charge is 0.477 e. The number of carbonyl (C=O) groups is 2. The van der Waals surface area contributed by atoms with Gasteiger partial charge >= 0.3 is 11.9 Å². The molecule has 0 saturated heterocycles. The highest BCUT2D eigenvalue weighted by atomic mass is 16.4. The SMILES string of the molecule is CCCCC(CCCC)(C(CC(C)C)=C(C(=O)O)C(=O)O)C(C)C. The van der Waals surface area contributed by atoms with Crippen molar-refractivity contribution in [3.8, 4) is 0 Å². The monoisotopic (exact) mass is 340 g/mol. The van der Waals surface area contributed by atoms with Gasteiger partial charge in [0.2, 0.25) is 0 Å². The lowest BCUT2D eigenvalue weighted by Crippen LogP contribution is -2.34. The first kappa shape index (κ1) is 22.7. The second-order valence-electron chi connectivity index (χ2n) is 7.58. The summed E-state index contributed by atoms with van der Waals surface area (Å²) in [5, 5.41) is 19.2. The first-order valence-electron chi connectivity index (χ1n) is 9.34. The first-order chi connectivity index (χ1) is 11.1. The number of hydrogen-bond donors (Lipinski definition) is 2. The molecule has 0 aliphatic rings. The molecule has 0 fully saturated rings. The maximum atomic E-state index is 11.7. The minimum absolute atomic E-state index is 0.207. The Morgan fingerprint density at radius 1 is 0.875 bits per heavy atom. The number of hydrogen-bond acceptors (Lipinski definition) is 2. The zero-order valence-corrected chi connectivity index (χ0v) is 16.3. The van der Waals surface area contributed by atoms with Crippen LogP contribution in [-0.4, -0.2) is 22.2 Å².